The summed E-state index contributed by atoms with van der Waals surface area (Å²) in [5, 5.41) is 12.9. The molecular weight excluding hydrogens is 270 g/mol. The highest BCUT2D eigenvalue weighted by Crippen LogP contribution is 2.29. The summed E-state index contributed by atoms with van der Waals surface area (Å²) in [5.41, 5.74) is 0.776. The molecule has 2 aromatic rings. The van der Waals surface area contributed by atoms with Crippen LogP contribution < -0.4 is 0 Å². The van der Waals surface area contributed by atoms with Gasteiger partial charge in [-0.25, -0.2) is 0 Å². The summed E-state index contributed by atoms with van der Waals surface area (Å²) < 4.78 is 1.14. The Labute approximate surface area is 122 Å². The van der Waals surface area contributed by atoms with Crippen molar-refractivity contribution in [2.24, 2.45) is 0 Å². The molecule has 0 spiro atoms. The first-order valence-corrected chi connectivity index (χ1v) is 8.01. The molecule has 1 fully saturated rings. The standard InChI is InChI=1S/C16H19NO2S/c1-11(18)14-7-4-5-9-17(14)16(19)13-10-20-15-8-3-2-6-12(13)15/h2-3,6,8,10-11,14,18H,4-5,7,9H2,1H3/t11-,14+/m1/s1. The fourth-order valence-electron chi connectivity index (χ4n) is 3.01. The van der Waals surface area contributed by atoms with E-state index < -0.39 is 6.10 Å². The van der Waals surface area contributed by atoms with Crippen molar-refractivity contribution in [1.82, 2.24) is 4.90 Å². The van der Waals surface area contributed by atoms with E-state index in [0.29, 0.717) is 0 Å². The van der Waals surface area contributed by atoms with E-state index in [9.17, 15) is 9.90 Å². The number of carbonyl (C=O) groups is 1. The molecule has 4 heteroatoms. The minimum absolute atomic E-state index is 0.0464. The Kier molecular flexibility index (Phi) is 3.76. The van der Waals surface area contributed by atoms with Gasteiger partial charge in [0.1, 0.15) is 0 Å². The van der Waals surface area contributed by atoms with E-state index in [1.807, 2.05) is 34.5 Å². The molecule has 1 aliphatic heterocycles. The number of rotatable bonds is 2. The number of aliphatic hydroxyl groups is 1. The maximum Gasteiger partial charge on any atom is 0.255 e. The third kappa shape index (κ3) is 2.34. The fraction of sp³-hybridized carbons (Fsp3) is 0.438. The van der Waals surface area contributed by atoms with Crippen molar-refractivity contribution >= 4 is 27.3 Å². The second-order valence-corrected chi connectivity index (χ2v) is 6.36. The average molecular weight is 289 g/mol. The molecule has 2 heterocycles. The van der Waals surface area contributed by atoms with Gasteiger partial charge in [0, 0.05) is 22.0 Å². The Hall–Kier alpha value is -1.39. The molecule has 20 heavy (non-hydrogen) atoms. The van der Waals surface area contributed by atoms with Crippen LogP contribution in [0.15, 0.2) is 29.6 Å². The maximum atomic E-state index is 12.8. The van der Waals surface area contributed by atoms with Crippen molar-refractivity contribution in [2.75, 3.05) is 6.54 Å². The lowest BCUT2D eigenvalue weighted by Crippen LogP contribution is -2.48. The number of aliphatic hydroxyl groups excluding tert-OH is 1. The van der Waals surface area contributed by atoms with Crippen LogP contribution in [0.2, 0.25) is 0 Å². The van der Waals surface area contributed by atoms with E-state index in [1.54, 1.807) is 18.3 Å². The van der Waals surface area contributed by atoms with E-state index >= 15 is 0 Å². The van der Waals surface area contributed by atoms with Crippen molar-refractivity contribution in [3.63, 3.8) is 0 Å². The zero-order valence-electron chi connectivity index (χ0n) is 11.6. The Bertz CT molecular complexity index is 620. The van der Waals surface area contributed by atoms with E-state index in [4.69, 9.17) is 0 Å². The van der Waals surface area contributed by atoms with Crippen molar-refractivity contribution in [3.05, 3.63) is 35.2 Å². The molecule has 0 saturated carbocycles. The number of amides is 1. The van der Waals surface area contributed by atoms with Crippen LogP contribution in [0.25, 0.3) is 10.1 Å². The van der Waals surface area contributed by atoms with Gasteiger partial charge in [-0.05, 0) is 32.3 Å². The number of hydrogen-bond acceptors (Lipinski definition) is 3. The predicted octanol–water partition coefficient (Wildman–Crippen LogP) is 3.28. The lowest BCUT2D eigenvalue weighted by atomic mass is 9.97. The summed E-state index contributed by atoms with van der Waals surface area (Å²) >= 11 is 1.61. The Balaban J connectivity index is 1.94. The molecule has 0 radical (unpaired) electrons. The molecule has 106 valence electrons. The third-order valence-electron chi connectivity index (χ3n) is 4.08. The van der Waals surface area contributed by atoms with E-state index in [-0.39, 0.29) is 11.9 Å². The van der Waals surface area contributed by atoms with Crippen LogP contribution in [0.1, 0.15) is 36.5 Å². The van der Waals surface area contributed by atoms with Gasteiger partial charge in [0.25, 0.3) is 5.91 Å². The molecule has 1 amide bonds. The Morgan fingerprint density at radius 1 is 1.40 bits per heavy atom. The van der Waals surface area contributed by atoms with Crippen LogP contribution in [-0.4, -0.2) is 34.6 Å². The molecule has 3 nitrogen and oxygen atoms in total. The zero-order chi connectivity index (χ0) is 14.1. The molecule has 1 saturated heterocycles. The number of benzene rings is 1. The van der Waals surface area contributed by atoms with Gasteiger partial charge in [-0.3, -0.25) is 4.79 Å². The number of nitrogens with zero attached hydrogens (tertiary/aromatic N) is 1. The number of carbonyl (C=O) groups excluding carboxylic acids is 1. The molecule has 0 bridgehead atoms. The van der Waals surface area contributed by atoms with Gasteiger partial charge in [0.05, 0.1) is 17.7 Å². The normalized spacial score (nSPS) is 21.1. The van der Waals surface area contributed by atoms with Gasteiger partial charge in [-0.2, -0.15) is 0 Å². The zero-order valence-corrected chi connectivity index (χ0v) is 12.4. The minimum atomic E-state index is -0.468. The van der Waals surface area contributed by atoms with Gasteiger partial charge in [-0.1, -0.05) is 18.2 Å². The van der Waals surface area contributed by atoms with E-state index in [0.717, 1.165) is 41.5 Å². The van der Waals surface area contributed by atoms with Crippen LogP contribution >= 0.6 is 11.3 Å². The summed E-state index contributed by atoms with van der Waals surface area (Å²) in [6, 6.07) is 7.95. The number of hydrogen-bond donors (Lipinski definition) is 1. The highest BCUT2D eigenvalue weighted by atomic mass is 32.1. The van der Waals surface area contributed by atoms with Crippen LogP contribution in [0.5, 0.6) is 0 Å². The van der Waals surface area contributed by atoms with Crippen LogP contribution in [0, 0.1) is 0 Å². The number of piperidine rings is 1. The quantitative estimate of drug-likeness (QED) is 0.921. The molecule has 3 rings (SSSR count). The summed E-state index contributed by atoms with van der Waals surface area (Å²) in [4.78, 5) is 14.7. The fourth-order valence-corrected chi connectivity index (χ4v) is 3.94. The van der Waals surface area contributed by atoms with E-state index in [2.05, 4.69) is 0 Å². The second kappa shape index (κ2) is 5.54. The molecule has 1 aliphatic rings. The summed E-state index contributed by atoms with van der Waals surface area (Å²) in [6.45, 7) is 2.53. The maximum absolute atomic E-state index is 12.8. The lowest BCUT2D eigenvalue weighted by Gasteiger charge is -2.37. The first-order valence-electron chi connectivity index (χ1n) is 7.14. The second-order valence-electron chi connectivity index (χ2n) is 5.45. The van der Waals surface area contributed by atoms with Crippen molar-refractivity contribution < 1.29 is 9.90 Å². The van der Waals surface area contributed by atoms with E-state index in [1.165, 1.54) is 0 Å². The molecular formula is C16H19NO2S. The topological polar surface area (TPSA) is 40.5 Å². The third-order valence-corrected chi connectivity index (χ3v) is 5.04. The van der Waals surface area contributed by atoms with Gasteiger partial charge in [0.15, 0.2) is 0 Å². The number of thiophene rings is 1. The first-order chi connectivity index (χ1) is 9.68. The monoisotopic (exact) mass is 289 g/mol. The number of likely N-dealkylation sites (tertiary alicyclic amines) is 1. The molecule has 1 aromatic heterocycles. The highest BCUT2D eigenvalue weighted by Gasteiger charge is 2.31. The average Bonchev–Trinajstić information content (AvgIpc) is 2.90. The highest BCUT2D eigenvalue weighted by molar-refractivity contribution is 7.17. The smallest absolute Gasteiger partial charge is 0.255 e. The van der Waals surface area contributed by atoms with Crippen LogP contribution in [0.4, 0.5) is 0 Å². The Morgan fingerprint density at radius 2 is 2.20 bits per heavy atom. The van der Waals surface area contributed by atoms with Gasteiger partial charge < -0.3 is 10.0 Å². The van der Waals surface area contributed by atoms with Crippen molar-refractivity contribution in [3.8, 4) is 0 Å². The largest absolute Gasteiger partial charge is 0.391 e. The van der Waals surface area contributed by atoms with Gasteiger partial charge in [-0.15, -0.1) is 11.3 Å². The summed E-state index contributed by atoms with van der Waals surface area (Å²) in [6.07, 6.45) is 2.54. The predicted molar refractivity (Wildman–Crippen MR) is 82.2 cm³/mol. The van der Waals surface area contributed by atoms with Gasteiger partial charge in [0.2, 0.25) is 0 Å². The lowest BCUT2D eigenvalue weighted by molar-refractivity contribution is 0.0283. The molecule has 1 aromatic carbocycles. The van der Waals surface area contributed by atoms with Crippen LogP contribution in [-0.2, 0) is 0 Å². The SMILES string of the molecule is C[C@@H](O)[C@@H]1CCCCN1C(=O)c1csc2ccccc12. The molecule has 0 aliphatic carbocycles. The number of fused-ring (bicyclic) bond motifs is 1. The first kappa shape index (κ1) is 13.6. The van der Waals surface area contributed by atoms with Gasteiger partial charge >= 0.3 is 0 Å². The Morgan fingerprint density at radius 3 is 3.00 bits per heavy atom. The summed E-state index contributed by atoms with van der Waals surface area (Å²) in [7, 11) is 0. The summed E-state index contributed by atoms with van der Waals surface area (Å²) in [5.74, 6) is 0.0630. The van der Waals surface area contributed by atoms with Crippen LogP contribution in [0.3, 0.4) is 0 Å². The van der Waals surface area contributed by atoms with Crippen molar-refractivity contribution in [2.45, 2.75) is 38.3 Å². The van der Waals surface area contributed by atoms with Crippen molar-refractivity contribution in [1.29, 1.82) is 0 Å². The minimum Gasteiger partial charge on any atom is -0.391 e. The molecule has 2 atom stereocenters. The molecule has 1 N–H and O–H groups in total. The molecule has 0 unspecified atom stereocenters.